The third kappa shape index (κ3) is 3.18. The molecule has 1 aliphatic heterocycles. The van der Waals surface area contributed by atoms with Crippen LogP contribution >= 0.6 is 11.3 Å². The molecule has 0 bridgehead atoms. The zero-order chi connectivity index (χ0) is 19.1. The normalized spacial score (nSPS) is 16.3. The Kier molecular flexibility index (Phi) is 4.39. The molecule has 4 rings (SSSR count). The lowest BCUT2D eigenvalue weighted by Gasteiger charge is -2.32. The smallest absolute Gasteiger partial charge is 0.322 e. The highest BCUT2D eigenvalue weighted by atomic mass is 32.1. The zero-order valence-electron chi connectivity index (χ0n) is 14.6. The van der Waals surface area contributed by atoms with Crippen molar-refractivity contribution in [2.45, 2.75) is 32.9 Å². The molecule has 0 radical (unpaired) electrons. The molecule has 6 nitrogen and oxygen atoms in total. The Balaban J connectivity index is 1.58. The standard InChI is InChI=1S/C18H16F2N4O2S/c1-9-3-11(5-13(19)16(9)20)22-18(25)24-7-12-14(4-10(24)2)23-26-17(12)15-6-21-8-27-15/h3,5-6,8,10H,4,7H2,1-2H3,(H,22,25). The Bertz CT molecular complexity index is 980. The summed E-state index contributed by atoms with van der Waals surface area (Å²) in [6.07, 6.45) is 2.24. The summed E-state index contributed by atoms with van der Waals surface area (Å²) in [7, 11) is 0. The Hall–Kier alpha value is -2.81. The van der Waals surface area contributed by atoms with Crippen molar-refractivity contribution in [2.75, 3.05) is 5.32 Å². The number of nitrogens with zero attached hydrogens (tertiary/aromatic N) is 3. The highest BCUT2D eigenvalue weighted by Crippen LogP contribution is 2.34. The number of anilines is 1. The molecule has 0 saturated heterocycles. The molecule has 2 aromatic heterocycles. The van der Waals surface area contributed by atoms with Crippen LogP contribution < -0.4 is 5.32 Å². The van der Waals surface area contributed by atoms with E-state index < -0.39 is 17.7 Å². The summed E-state index contributed by atoms with van der Waals surface area (Å²) in [6.45, 7) is 3.66. The fourth-order valence-electron chi connectivity index (χ4n) is 3.17. The van der Waals surface area contributed by atoms with E-state index >= 15 is 0 Å². The fourth-order valence-corrected chi connectivity index (χ4v) is 3.79. The van der Waals surface area contributed by atoms with Crippen molar-refractivity contribution in [3.05, 3.63) is 52.3 Å². The van der Waals surface area contributed by atoms with Crippen molar-refractivity contribution >= 4 is 23.1 Å². The maximum absolute atomic E-state index is 13.6. The minimum Gasteiger partial charge on any atom is -0.355 e. The van der Waals surface area contributed by atoms with Crippen LogP contribution in [0.3, 0.4) is 0 Å². The van der Waals surface area contributed by atoms with E-state index in [-0.39, 0.29) is 17.3 Å². The van der Waals surface area contributed by atoms with Crippen LogP contribution in [0.25, 0.3) is 10.6 Å². The number of aryl methyl sites for hydroxylation is 1. The predicted octanol–water partition coefficient (Wildman–Crippen LogP) is 4.36. The van der Waals surface area contributed by atoms with Gasteiger partial charge in [-0.15, -0.1) is 11.3 Å². The molecule has 3 aromatic rings. The molecule has 9 heteroatoms. The molecule has 1 unspecified atom stereocenters. The van der Waals surface area contributed by atoms with Gasteiger partial charge in [-0.3, -0.25) is 4.98 Å². The minimum atomic E-state index is -0.995. The Labute approximate surface area is 157 Å². The molecule has 1 aliphatic rings. The van der Waals surface area contributed by atoms with Gasteiger partial charge in [0.05, 0.1) is 22.6 Å². The van der Waals surface area contributed by atoms with Gasteiger partial charge in [0, 0.05) is 36.0 Å². The lowest BCUT2D eigenvalue weighted by Crippen LogP contribution is -2.44. The summed E-state index contributed by atoms with van der Waals surface area (Å²) < 4.78 is 32.5. The number of fused-ring (bicyclic) bond motifs is 1. The van der Waals surface area contributed by atoms with Gasteiger partial charge in [0.15, 0.2) is 17.4 Å². The van der Waals surface area contributed by atoms with Gasteiger partial charge < -0.3 is 14.7 Å². The lowest BCUT2D eigenvalue weighted by molar-refractivity contribution is 0.182. The van der Waals surface area contributed by atoms with Crippen LogP contribution in [0.1, 0.15) is 23.7 Å². The molecule has 0 spiro atoms. The number of rotatable bonds is 2. The molecule has 140 valence electrons. The van der Waals surface area contributed by atoms with Crippen LogP contribution in [0, 0.1) is 18.6 Å². The number of thiazole rings is 1. The number of carbonyl (C=O) groups excluding carboxylic acids is 1. The first-order chi connectivity index (χ1) is 12.9. The second-order valence-corrected chi connectivity index (χ2v) is 7.39. The number of nitrogens with one attached hydrogen (secondary N) is 1. The van der Waals surface area contributed by atoms with Crippen LogP contribution in [0.2, 0.25) is 0 Å². The van der Waals surface area contributed by atoms with Crippen molar-refractivity contribution in [1.29, 1.82) is 0 Å². The fraction of sp³-hybridized carbons (Fsp3) is 0.278. The van der Waals surface area contributed by atoms with Crippen molar-refractivity contribution in [3.8, 4) is 10.6 Å². The molecule has 0 saturated carbocycles. The number of hydrogen-bond acceptors (Lipinski definition) is 5. The third-order valence-corrected chi connectivity index (χ3v) is 5.37. The van der Waals surface area contributed by atoms with Crippen LogP contribution in [-0.2, 0) is 13.0 Å². The van der Waals surface area contributed by atoms with E-state index in [0.717, 1.165) is 22.2 Å². The van der Waals surface area contributed by atoms with Gasteiger partial charge in [-0.25, -0.2) is 13.6 Å². The summed E-state index contributed by atoms with van der Waals surface area (Å²) in [5.74, 6) is -1.30. The molecule has 1 atom stereocenters. The van der Waals surface area contributed by atoms with Crippen LogP contribution in [0.4, 0.5) is 19.3 Å². The van der Waals surface area contributed by atoms with Gasteiger partial charge in [0.2, 0.25) is 0 Å². The summed E-state index contributed by atoms with van der Waals surface area (Å²) in [5, 5.41) is 6.78. The van der Waals surface area contributed by atoms with E-state index in [1.54, 1.807) is 16.6 Å². The lowest BCUT2D eigenvalue weighted by atomic mass is 10.00. The van der Waals surface area contributed by atoms with Crippen molar-refractivity contribution in [2.24, 2.45) is 0 Å². The quantitative estimate of drug-likeness (QED) is 0.706. The predicted molar refractivity (Wildman–Crippen MR) is 96.4 cm³/mol. The van der Waals surface area contributed by atoms with Gasteiger partial charge in [0.25, 0.3) is 0 Å². The maximum atomic E-state index is 13.6. The largest absolute Gasteiger partial charge is 0.355 e. The summed E-state index contributed by atoms with van der Waals surface area (Å²) in [4.78, 5) is 19.3. The second kappa shape index (κ2) is 6.73. The number of hydrogen-bond donors (Lipinski definition) is 1. The monoisotopic (exact) mass is 390 g/mol. The second-order valence-electron chi connectivity index (χ2n) is 6.50. The molecule has 0 aliphatic carbocycles. The molecular formula is C18H16F2N4O2S. The van der Waals surface area contributed by atoms with Gasteiger partial charge in [-0.1, -0.05) is 5.16 Å². The van der Waals surface area contributed by atoms with Crippen molar-refractivity contribution in [1.82, 2.24) is 15.0 Å². The topological polar surface area (TPSA) is 71.3 Å². The van der Waals surface area contributed by atoms with Gasteiger partial charge >= 0.3 is 6.03 Å². The Morgan fingerprint density at radius 3 is 2.93 bits per heavy atom. The average molecular weight is 390 g/mol. The van der Waals surface area contributed by atoms with Crippen LogP contribution in [0.15, 0.2) is 28.4 Å². The summed E-state index contributed by atoms with van der Waals surface area (Å²) in [6, 6.07) is 1.86. The molecule has 1 aromatic carbocycles. The first kappa shape index (κ1) is 17.6. The molecule has 1 N–H and O–H groups in total. The first-order valence-electron chi connectivity index (χ1n) is 8.33. The SMILES string of the molecule is Cc1cc(NC(=O)N2Cc3c(noc3-c3cncs3)CC2C)cc(F)c1F. The minimum absolute atomic E-state index is 0.122. The van der Waals surface area contributed by atoms with Crippen LogP contribution in [-0.4, -0.2) is 27.1 Å². The number of halogens is 2. The van der Waals surface area contributed by atoms with Gasteiger partial charge in [0.1, 0.15) is 0 Å². The number of benzene rings is 1. The number of amides is 2. The van der Waals surface area contributed by atoms with E-state index in [4.69, 9.17) is 4.52 Å². The van der Waals surface area contributed by atoms with Crippen LogP contribution in [0.5, 0.6) is 0 Å². The van der Waals surface area contributed by atoms with Gasteiger partial charge in [-0.05, 0) is 25.5 Å². The van der Waals surface area contributed by atoms with Gasteiger partial charge in [-0.2, -0.15) is 0 Å². The average Bonchev–Trinajstić information content (AvgIpc) is 3.27. The van der Waals surface area contributed by atoms with E-state index in [0.29, 0.717) is 18.7 Å². The molecule has 27 heavy (non-hydrogen) atoms. The number of carbonyl (C=O) groups is 1. The highest BCUT2D eigenvalue weighted by molar-refractivity contribution is 7.13. The molecule has 0 fully saturated rings. The van der Waals surface area contributed by atoms with E-state index in [2.05, 4.69) is 15.5 Å². The summed E-state index contributed by atoms with van der Waals surface area (Å²) >= 11 is 1.43. The molecule has 2 amide bonds. The maximum Gasteiger partial charge on any atom is 0.322 e. The first-order valence-corrected chi connectivity index (χ1v) is 9.21. The summed E-state index contributed by atoms with van der Waals surface area (Å²) in [5.41, 5.74) is 3.70. The number of urea groups is 1. The number of aromatic nitrogens is 2. The van der Waals surface area contributed by atoms with Crippen molar-refractivity contribution in [3.63, 3.8) is 0 Å². The third-order valence-electron chi connectivity index (χ3n) is 4.60. The van der Waals surface area contributed by atoms with E-state index in [1.165, 1.54) is 24.3 Å². The Morgan fingerprint density at radius 2 is 2.22 bits per heavy atom. The zero-order valence-corrected chi connectivity index (χ0v) is 15.4. The van der Waals surface area contributed by atoms with Crippen molar-refractivity contribution < 1.29 is 18.1 Å². The Morgan fingerprint density at radius 1 is 1.41 bits per heavy atom. The molecule has 3 heterocycles. The van der Waals surface area contributed by atoms with E-state index in [1.807, 2.05) is 6.92 Å². The van der Waals surface area contributed by atoms with E-state index in [9.17, 15) is 13.6 Å². The highest BCUT2D eigenvalue weighted by Gasteiger charge is 2.32. The molecular weight excluding hydrogens is 374 g/mol.